The molecule has 7 heteroatoms. The van der Waals surface area contributed by atoms with Crippen molar-refractivity contribution in [3.8, 4) is 0 Å². The van der Waals surface area contributed by atoms with E-state index in [-0.39, 0.29) is 12.1 Å². The molecule has 0 aromatic heterocycles. The SMILES string of the molecule is O=C(NCC(O)c1ccc(F)c(F)c1)Nc1ccccc1Br. The summed E-state index contributed by atoms with van der Waals surface area (Å²) in [7, 11) is 0. The Bertz CT molecular complexity index is 682. The Kier molecular flexibility index (Phi) is 5.46. The summed E-state index contributed by atoms with van der Waals surface area (Å²) in [5, 5.41) is 14.9. The van der Waals surface area contributed by atoms with E-state index in [1.54, 1.807) is 24.3 Å². The van der Waals surface area contributed by atoms with Crippen LogP contribution in [0, 0.1) is 11.6 Å². The predicted octanol–water partition coefficient (Wildman–Crippen LogP) is 3.58. The minimum Gasteiger partial charge on any atom is -0.387 e. The summed E-state index contributed by atoms with van der Waals surface area (Å²) in [5.74, 6) is -2.04. The van der Waals surface area contributed by atoms with Gasteiger partial charge in [-0.3, -0.25) is 0 Å². The van der Waals surface area contributed by atoms with E-state index >= 15 is 0 Å². The molecule has 0 radical (unpaired) electrons. The maximum Gasteiger partial charge on any atom is 0.319 e. The molecule has 0 saturated carbocycles. The van der Waals surface area contributed by atoms with Crippen LogP contribution in [0.1, 0.15) is 11.7 Å². The molecule has 3 N–H and O–H groups in total. The van der Waals surface area contributed by atoms with Crippen molar-refractivity contribution in [1.82, 2.24) is 5.32 Å². The number of aliphatic hydroxyl groups excluding tert-OH is 1. The maximum absolute atomic E-state index is 13.1. The lowest BCUT2D eigenvalue weighted by molar-refractivity contribution is 0.174. The van der Waals surface area contributed by atoms with Crippen LogP contribution in [-0.2, 0) is 0 Å². The van der Waals surface area contributed by atoms with E-state index in [0.717, 1.165) is 12.1 Å². The van der Waals surface area contributed by atoms with Crippen molar-refractivity contribution in [1.29, 1.82) is 0 Å². The average Bonchev–Trinajstić information content (AvgIpc) is 2.50. The molecule has 0 aliphatic carbocycles. The number of anilines is 1. The first-order chi connectivity index (χ1) is 10.5. The van der Waals surface area contributed by atoms with Crippen molar-refractivity contribution in [2.24, 2.45) is 0 Å². The number of rotatable bonds is 4. The number of para-hydroxylation sites is 1. The molecule has 2 aromatic rings. The summed E-state index contributed by atoms with van der Waals surface area (Å²) in [6, 6.07) is 9.60. The standard InChI is InChI=1S/C15H13BrF2N2O2/c16-10-3-1-2-4-13(10)20-15(22)19-8-14(21)9-5-6-11(17)12(18)7-9/h1-7,14,21H,8H2,(H2,19,20,22). The summed E-state index contributed by atoms with van der Waals surface area (Å²) in [4.78, 5) is 11.7. The van der Waals surface area contributed by atoms with Crippen LogP contribution in [0.25, 0.3) is 0 Å². The van der Waals surface area contributed by atoms with Crippen LogP contribution in [0.3, 0.4) is 0 Å². The van der Waals surface area contributed by atoms with E-state index in [1.165, 1.54) is 6.07 Å². The molecule has 4 nitrogen and oxygen atoms in total. The van der Waals surface area contributed by atoms with Gasteiger partial charge in [-0.25, -0.2) is 13.6 Å². The molecular weight excluding hydrogens is 358 g/mol. The fourth-order valence-corrected chi connectivity index (χ4v) is 2.14. The minimum absolute atomic E-state index is 0.138. The lowest BCUT2D eigenvalue weighted by Crippen LogP contribution is -2.32. The van der Waals surface area contributed by atoms with Gasteiger partial charge in [-0.15, -0.1) is 0 Å². The molecule has 2 aromatic carbocycles. The Labute approximate surface area is 134 Å². The zero-order valence-corrected chi connectivity index (χ0v) is 12.9. The Morgan fingerprint density at radius 3 is 2.59 bits per heavy atom. The van der Waals surface area contributed by atoms with Crippen LogP contribution < -0.4 is 10.6 Å². The van der Waals surface area contributed by atoms with Crippen LogP contribution in [0.5, 0.6) is 0 Å². The number of halogens is 3. The zero-order valence-electron chi connectivity index (χ0n) is 11.3. The van der Waals surface area contributed by atoms with E-state index in [0.29, 0.717) is 10.2 Å². The van der Waals surface area contributed by atoms with Crippen LogP contribution in [0.15, 0.2) is 46.9 Å². The Morgan fingerprint density at radius 1 is 1.18 bits per heavy atom. The molecule has 0 heterocycles. The van der Waals surface area contributed by atoms with E-state index in [9.17, 15) is 18.7 Å². The first kappa shape index (κ1) is 16.4. The van der Waals surface area contributed by atoms with Crippen molar-refractivity contribution in [2.75, 3.05) is 11.9 Å². The number of hydrogen-bond donors (Lipinski definition) is 3. The van der Waals surface area contributed by atoms with Gasteiger partial charge in [0, 0.05) is 11.0 Å². The molecule has 0 aliphatic heterocycles. The Balaban J connectivity index is 1.90. The van der Waals surface area contributed by atoms with Gasteiger partial charge < -0.3 is 15.7 Å². The first-order valence-electron chi connectivity index (χ1n) is 6.40. The van der Waals surface area contributed by atoms with Crippen molar-refractivity contribution in [3.05, 3.63) is 64.1 Å². The third kappa shape index (κ3) is 4.25. The predicted molar refractivity (Wildman–Crippen MR) is 82.5 cm³/mol. The zero-order chi connectivity index (χ0) is 16.1. The highest BCUT2D eigenvalue weighted by atomic mass is 79.9. The van der Waals surface area contributed by atoms with Gasteiger partial charge in [-0.05, 0) is 45.8 Å². The van der Waals surface area contributed by atoms with E-state index in [1.807, 2.05) is 0 Å². The molecule has 0 bridgehead atoms. The molecule has 1 unspecified atom stereocenters. The monoisotopic (exact) mass is 370 g/mol. The molecule has 116 valence electrons. The highest BCUT2D eigenvalue weighted by Crippen LogP contribution is 2.21. The fraction of sp³-hybridized carbons (Fsp3) is 0.133. The molecule has 2 amide bonds. The van der Waals surface area contributed by atoms with Gasteiger partial charge in [0.2, 0.25) is 0 Å². The summed E-state index contributed by atoms with van der Waals surface area (Å²) in [6.45, 7) is -0.138. The fourth-order valence-electron chi connectivity index (χ4n) is 1.76. The van der Waals surface area contributed by atoms with Crippen molar-refractivity contribution >= 4 is 27.6 Å². The number of aliphatic hydroxyl groups is 1. The summed E-state index contributed by atoms with van der Waals surface area (Å²) in [6.07, 6.45) is -1.14. The van der Waals surface area contributed by atoms with Gasteiger partial charge in [0.15, 0.2) is 11.6 Å². The van der Waals surface area contributed by atoms with Gasteiger partial charge in [0.25, 0.3) is 0 Å². The molecule has 0 aliphatic rings. The number of amides is 2. The van der Waals surface area contributed by atoms with Crippen molar-refractivity contribution < 1.29 is 18.7 Å². The highest BCUT2D eigenvalue weighted by molar-refractivity contribution is 9.10. The second-order valence-electron chi connectivity index (χ2n) is 4.50. The maximum atomic E-state index is 13.1. The highest BCUT2D eigenvalue weighted by Gasteiger charge is 2.12. The van der Waals surface area contributed by atoms with E-state index in [4.69, 9.17) is 0 Å². The number of carbonyl (C=O) groups excluding carboxylic acids is 1. The smallest absolute Gasteiger partial charge is 0.319 e. The number of carbonyl (C=O) groups is 1. The van der Waals surface area contributed by atoms with Gasteiger partial charge in [-0.1, -0.05) is 18.2 Å². The first-order valence-corrected chi connectivity index (χ1v) is 7.19. The summed E-state index contributed by atoms with van der Waals surface area (Å²) < 4.78 is 26.6. The van der Waals surface area contributed by atoms with Gasteiger partial charge in [0.05, 0.1) is 11.8 Å². The lowest BCUT2D eigenvalue weighted by Gasteiger charge is -2.13. The molecule has 22 heavy (non-hydrogen) atoms. The molecular formula is C15H13BrF2N2O2. The lowest BCUT2D eigenvalue weighted by atomic mass is 10.1. The van der Waals surface area contributed by atoms with Crippen LogP contribution >= 0.6 is 15.9 Å². The van der Waals surface area contributed by atoms with Crippen LogP contribution in [0.2, 0.25) is 0 Å². The third-order valence-corrected chi connectivity index (χ3v) is 3.60. The molecule has 1 atom stereocenters. The van der Waals surface area contributed by atoms with Crippen LogP contribution in [0.4, 0.5) is 19.3 Å². The second-order valence-corrected chi connectivity index (χ2v) is 5.36. The van der Waals surface area contributed by atoms with Crippen molar-refractivity contribution in [3.63, 3.8) is 0 Å². The topological polar surface area (TPSA) is 61.4 Å². The Hall–Kier alpha value is -1.99. The third-order valence-electron chi connectivity index (χ3n) is 2.91. The van der Waals surface area contributed by atoms with E-state index < -0.39 is 23.8 Å². The summed E-state index contributed by atoms with van der Waals surface area (Å²) >= 11 is 3.29. The number of benzene rings is 2. The van der Waals surface area contributed by atoms with E-state index in [2.05, 4.69) is 26.6 Å². The number of nitrogens with one attached hydrogen (secondary N) is 2. The van der Waals surface area contributed by atoms with Gasteiger partial charge in [-0.2, -0.15) is 0 Å². The average molecular weight is 371 g/mol. The largest absolute Gasteiger partial charge is 0.387 e. The summed E-state index contributed by atoms with van der Waals surface area (Å²) in [5.41, 5.74) is 0.752. The molecule has 2 rings (SSSR count). The molecule has 0 saturated heterocycles. The normalized spacial score (nSPS) is 11.8. The van der Waals surface area contributed by atoms with Crippen LogP contribution in [-0.4, -0.2) is 17.7 Å². The second kappa shape index (κ2) is 7.33. The number of hydrogen-bond acceptors (Lipinski definition) is 2. The quantitative estimate of drug-likeness (QED) is 0.770. The van der Waals surface area contributed by atoms with Crippen molar-refractivity contribution in [2.45, 2.75) is 6.10 Å². The van der Waals surface area contributed by atoms with Gasteiger partial charge in [0.1, 0.15) is 0 Å². The van der Waals surface area contributed by atoms with Gasteiger partial charge >= 0.3 is 6.03 Å². The minimum atomic E-state index is -1.14. The molecule has 0 spiro atoms. The Morgan fingerprint density at radius 2 is 1.91 bits per heavy atom. The molecule has 0 fully saturated rings. The number of urea groups is 1.